The molecule has 19 heavy (non-hydrogen) atoms. The van der Waals surface area contributed by atoms with E-state index < -0.39 is 10.8 Å². The third kappa shape index (κ3) is 3.65. The molecule has 1 amide bonds. The SMILES string of the molecule is NC(CNC(=O)c1cc(Cl)cc([N+](=O)[O-])c1)C1CC1. The molecule has 1 fully saturated rings. The fraction of sp³-hybridized carbons (Fsp3) is 0.417. The Hall–Kier alpha value is -1.66. The minimum Gasteiger partial charge on any atom is -0.350 e. The van der Waals surface area contributed by atoms with Crippen molar-refractivity contribution < 1.29 is 9.72 Å². The van der Waals surface area contributed by atoms with Crippen LogP contribution in [0.4, 0.5) is 5.69 Å². The maximum atomic E-state index is 11.9. The van der Waals surface area contributed by atoms with Crippen molar-refractivity contribution in [3.8, 4) is 0 Å². The van der Waals surface area contributed by atoms with Gasteiger partial charge in [-0.05, 0) is 24.8 Å². The van der Waals surface area contributed by atoms with Crippen LogP contribution in [0.15, 0.2) is 18.2 Å². The van der Waals surface area contributed by atoms with Crippen molar-refractivity contribution in [2.45, 2.75) is 18.9 Å². The highest BCUT2D eigenvalue weighted by Gasteiger charge is 2.28. The first kappa shape index (κ1) is 13.8. The summed E-state index contributed by atoms with van der Waals surface area (Å²) in [6, 6.07) is 3.74. The number of nitro groups is 1. The monoisotopic (exact) mass is 283 g/mol. The highest BCUT2D eigenvalue weighted by Crippen LogP contribution is 2.31. The first-order chi connectivity index (χ1) is 8.97. The zero-order valence-corrected chi connectivity index (χ0v) is 10.9. The molecule has 0 spiro atoms. The molecule has 102 valence electrons. The number of amides is 1. The van der Waals surface area contributed by atoms with E-state index in [0.29, 0.717) is 12.5 Å². The molecular formula is C12H14ClN3O3. The van der Waals surface area contributed by atoms with Crippen molar-refractivity contribution in [1.29, 1.82) is 0 Å². The van der Waals surface area contributed by atoms with Crippen LogP contribution in [-0.2, 0) is 0 Å². The Balaban J connectivity index is 2.03. The van der Waals surface area contributed by atoms with Gasteiger partial charge in [-0.1, -0.05) is 11.6 Å². The van der Waals surface area contributed by atoms with E-state index in [4.69, 9.17) is 17.3 Å². The Morgan fingerprint density at radius 3 is 2.79 bits per heavy atom. The van der Waals surface area contributed by atoms with Gasteiger partial charge in [0.1, 0.15) is 0 Å². The van der Waals surface area contributed by atoms with Crippen LogP contribution < -0.4 is 11.1 Å². The van der Waals surface area contributed by atoms with E-state index in [9.17, 15) is 14.9 Å². The number of rotatable bonds is 5. The third-order valence-electron chi connectivity index (χ3n) is 3.08. The van der Waals surface area contributed by atoms with Gasteiger partial charge in [0.05, 0.1) is 4.92 Å². The van der Waals surface area contributed by atoms with Crippen molar-refractivity contribution in [3.05, 3.63) is 38.9 Å². The zero-order chi connectivity index (χ0) is 14.0. The van der Waals surface area contributed by atoms with Gasteiger partial charge in [-0.3, -0.25) is 14.9 Å². The Kier molecular flexibility index (Phi) is 4.01. The summed E-state index contributed by atoms with van der Waals surface area (Å²) in [5.41, 5.74) is 5.83. The van der Waals surface area contributed by atoms with Gasteiger partial charge in [0.2, 0.25) is 0 Å². The number of carbonyl (C=O) groups excluding carboxylic acids is 1. The predicted molar refractivity (Wildman–Crippen MR) is 71.1 cm³/mol. The highest BCUT2D eigenvalue weighted by molar-refractivity contribution is 6.31. The van der Waals surface area contributed by atoms with Crippen molar-refractivity contribution in [3.63, 3.8) is 0 Å². The van der Waals surface area contributed by atoms with E-state index in [1.165, 1.54) is 18.2 Å². The van der Waals surface area contributed by atoms with Gasteiger partial charge < -0.3 is 11.1 Å². The Labute approximate surface area is 115 Å². The lowest BCUT2D eigenvalue weighted by Crippen LogP contribution is -2.38. The lowest BCUT2D eigenvalue weighted by atomic mass is 10.1. The molecule has 0 aliphatic heterocycles. The second-order valence-corrected chi connectivity index (χ2v) is 5.10. The van der Waals surface area contributed by atoms with Crippen molar-refractivity contribution in [2.75, 3.05) is 6.54 Å². The van der Waals surface area contributed by atoms with Gasteiger partial charge in [0.25, 0.3) is 11.6 Å². The van der Waals surface area contributed by atoms with Crippen molar-refractivity contribution >= 4 is 23.2 Å². The molecule has 1 aliphatic rings. The summed E-state index contributed by atoms with van der Waals surface area (Å²) >= 11 is 5.75. The van der Waals surface area contributed by atoms with Crippen LogP contribution in [-0.4, -0.2) is 23.4 Å². The summed E-state index contributed by atoms with van der Waals surface area (Å²) in [6.07, 6.45) is 2.19. The van der Waals surface area contributed by atoms with E-state index in [2.05, 4.69) is 5.32 Å². The van der Waals surface area contributed by atoms with Gasteiger partial charge in [0, 0.05) is 35.3 Å². The van der Waals surface area contributed by atoms with Crippen LogP contribution in [0.3, 0.4) is 0 Å². The lowest BCUT2D eigenvalue weighted by molar-refractivity contribution is -0.384. The first-order valence-electron chi connectivity index (χ1n) is 5.96. The fourth-order valence-electron chi connectivity index (χ4n) is 1.81. The maximum absolute atomic E-state index is 11.9. The van der Waals surface area contributed by atoms with Crippen LogP contribution in [0.2, 0.25) is 5.02 Å². The van der Waals surface area contributed by atoms with Gasteiger partial charge >= 0.3 is 0 Å². The summed E-state index contributed by atoms with van der Waals surface area (Å²) in [5, 5.41) is 13.5. The number of nitro benzene ring substituents is 1. The predicted octanol–water partition coefficient (Wildman–Crippen LogP) is 1.72. The largest absolute Gasteiger partial charge is 0.350 e. The highest BCUT2D eigenvalue weighted by atomic mass is 35.5. The van der Waals surface area contributed by atoms with Crippen molar-refractivity contribution in [2.24, 2.45) is 11.7 Å². The zero-order valence-electron chi connectivity index (χ0n) is 10.1. The summed E-state index contributed by atoms with van der Waals surface area (Å²) in [7, 11) is 0. The van der Waals surface area contributed by atoms with Gasteiger partial charge in [-0.2, -0.15) is 0 Å². The number of halogens is 1. The fourth-order valence-corrected chi connectivity index (χ4v) is 2.04. The molecule has 3 N–H and O–H groups in total. The van der Waals surface area contributed by atoms with Crippen LogP contribution in [0.1, 0.15) is 23.2 Å². The summed E-state index contributed by atoms with van der Waals surface area (Å²) in [6.45, 7) is 0.365. The molecule has 1 atom stereocenters. The molecule has 0 aromatic heterocycles. The molecule has 0 heterocycles. The molecule has 7 heteroatoms. The molecule has 1 aliphatic carbocycles. The number of benzene rings is 1. The molecule has 1 unspecified atom stereocenters. The first-order valence-corrected chi connectivity index (χ1v) is 6.34. The number of nitrogens with two attached hydrogens (primary N) is 1. The summed E-state index contributed by atoms with van der Waals surface area (Å²) in [4.78, 5) is 22.0. The Morgan fingerprint density at radius 2 is 2.21 bits per heavy atom. The standard InChI is InChI=1S/C12H14ClN3O3/c13-9-3-8(4-10(5-9)16(18)19)12(17)15-6-11(14)7-1-2-7/h3-5,7,11H,1-2,6,14H2,(H,15,17). The third-order valence-corrected chi connectivity index (χ3v) is 3.30. The molecule has 0 bridgehead atoms. The van der Waals surface area contributed by atoms with E-state index in [1.54, 1.807) is 0 Å². The number of hydrogen-bond acceptors (Lipinski definition) is 4. The quantitative estimate of drug-likeness (QED) is 0.635. The molecule has 1 aromatic carbocycles. The number of non-ortho nitro benzene ring substituents is 1. The lowest BCUT2D eigenvalue weighted by Gasteiger charge is -2.11. The van der Waals surface area contributed by atoms with E-state index in [-0.39, 0.29) is 22.3 Å². The Bertz CT molecular complexity index is 517. The second kappa shape index (κ2) is 5.54. The average molecular weight is 284 g/mol. The second-order valence-electron chi connectivity index (χ2n) is 4.67. The molecular weight excluding hydrogens is 270 g/mol. The molecule has 0 radical (unpaired) electrons. The van der Waals surface area contributed by atoms with Crippen LogP contribution in [0.5, 0.6) is 0 Å². The topological polar surface area (TPSA) is 98.3 Å². The summed E-state index contributed by atoms with van der Waals surface area (Å²) < 4.78 is 0. The van der Waals surface area contributed by atoms with E-state index >= 15 is 0 Å². The van der Waals surface area contributed by atoms with Crippen LogP contribution in [0, 0.1) is 16.0 Å². The maximum Gasteiger partial charge on any atom is 0.271 e. The Morgan fingerprint density at radius 1 is 1.53 bits per heavy atom. The van der Waals surface area contributed by atoms with Crippen LogP contribution in [0.25, 0.3) is 0 Å². The van der Waals surface area contributed by atoms with Gasteiger partial charge in [-0.15, -0.1) is 0 Å². The molecule has 0 saturated heterocycles. The molecule has 6 nitrogen and oxygen atoms in total. The number of carbonyl (C=O) groups is 1. The van der Waals surface area contributed by atoms with E-state index in [1.807, 2.05) is 0 Å². The van der Waals surface area contributed by atoms with Crippen molar-refractivity contribution in [1.82, 2.24) is 5.32 Å². The van der Waals surface area contributed by atoms with Gasteiger partial charge in [-0.25, -0.2) is 0 Å². The molecule has 1 saturated carbocycles. The minimum absolute atomic E-state index is 0.0573. The molecule has 2 rings (SSSR count). The summed E-state index contributed by atoms with van der Waals surface area (Å²) in [5.74, 6) is 0.0793. The number of nitrogens with zero attached hydrogens (tertiary/aromatic N) is 1. The molecule has 1 aromatic rings. The number of hydrogen-bond donors (Lipinski definition) is 2. The minimum atomic E-state index is -0.585. The average Bonchev–Trinajstić information content (AvgIpc) is 3.18. The normalized spacial score (nSPS) is 15.9. The van der Waals surface area contributed by atoms with Crippen LogP contribution >= 0.6 is 11.6 Å². The van der Waals surface area contributed by atoms with E-state index in [0.717, 1.165) is 12.8 Å². The van der Waals surface area contributed by atoms with Gasteiger partial charge in [0.15, 0.2) is 0 Å². The number of nitrogens with one attached hydrogen (secondary N) is 1. The smallest absolute Gasteiger partial charge is 0.271 e.